The molecule has 1 saturated heterocycles. The Kier molecular flexibility index (Phi) is 7.04. The molecule has 0 radical (unpaired) electrons. The van der Waals surface area contributed by atoms with Crippen molar-refractivity contribution in [2.24, 2.45) is 4.99 Å². The van der Waals surface area contributed by atoms with E-state index in [1.807, 2.05) is 62.0 Å². The van der Waals surface area contributed by atoms with E-state index in [1.54, 1.807) is 14.2 Å². The molecule has 9 heteroatoms. The Bertz CT molecular complexity index is 901. The highest BCUT2D eigenvalue weighted by atomic mass is 16.6. The van der Waals surface area contributed by atoms with Gasteiger partial charge in [0.15, 0.2) is 5.96 Å². The summed E-state index contributed by atoms with van der Waals surface area (Å²) in [6.07, 6.45) is 2.39. The maximum Gasteiger partial charge on any atom is 0.407 e. The van der Waals surface area contributed by atoms with Crippen LogP contribution in [0, 0.1) is 0 Å². The minimum absolute atomic E-state index is 0.0303. The highest BCUT2D eigenvalue weighted by Crippen LogP contribution is 2.15. The van der Waals surface area contributed by atoms with Crippen molar-refractivity contribution in [2.75, 3.05) is 27.2 Å². The zero-order chi connectivity index (χ0) is 22.4. The van der Waals surface area contributed by atoms with Crippen LogP contribution in [0.25, 0.3) is 5.69 Å². The lowest BCUT2D eigenvalue weighted by atomic mass is 10.2. The largest absolute Gasteiger partial charge is 0.497 e. The predicted octanol–water partition coefficient (Wildman–Crippen LogP) is 2.56. The molecule has 9 nitrogen and oxygen atoms in total. The van der Waals surface area contributed by atoms with Crippen LogP contribution in [-0.2, 0) is 11.3 Å². The molecule has 1 atom stereocenters. The van der Waals surface area contributed by atoms with Crippen molar-refractivity contribution < 1.29 is 14.3 Å². The molecule has 1 unspecified atom stereocenters. The van der Waals surface area contributed by atoms with E-state index in [0.29, 0.717) is 13.1 Å². The number of ether oxygens (including phenoxy) is 2. The molecule has 0 bridgehead atoms. The summed E-state index contributed by atoms with van der Waals surface area (Å²) >= 11 is 0. The maximum absolute atomic E-state index is 12.0. The van der Waals surface area contributed by atoms with Crippen LogP contribution in [0.2, 0.25) is 0 Å². The number of likely N-dealkylation sites (tertiary alicyclic amines) is 1. The molecule has 3 rings (SSSR count). The molecule has 1 aromatic heterocycles. The van der Waals surface area contributed by atoms with E-state index in [2.05, 4.69) is 25.6 Å². The second-order valence-electron chi connectivity index (χ2n) is 8.43. The number of hydrogen-bond donors (Lipinski definition) is 2. The number of benzene rings is 1. The SMILES string of the molecule is CN=C(NCc1ccn(-c2ccc(OC)cc2)n1)N1CCC(NC(=O)OC(C)(C)C)C1. The number of amides is 1. The third-order valence-electron chi connectivity index (χ3n) is 4.83. The molecular formula is C22H32N6O3. The van der Waals surface area contributed by atoms with E-state index in [4.69, 9.17) is 9.47 Å². The minimum atomic E-state index is -0.505. The van der Waals surface area contributed by atoms with Gasteiger partial charge in [-0.1, -0.05) is 0 Å². The van der Waals surface area contributed by atoms with Gasteiger partial charge in [-0.3, -0.25) is 4.99 Å². The average molecular weight is 429 g/mol. The number of aliphatic imine (C=N–C) groups is 1. The molecule has 1 aliphatic heterocycles. The summed E-state index contributed by atoms with van der Waals surface area (Å²) in [4.78, 5) is 18.5. The molecule has 0 spiro atoms. The molecule has 0 aliphatic carbocycles. The summed E-state index contributed by atoms with van der Waals surface area (Å²) in [6.45, 7) is 7.61. The van der Waals surface area contributed by atoms with E-state index < -0.39 is 5.60 Å². The van der Waals surface area contributed by atoms with Crippen LogP contribution in [0.4, 0.5) is 4.79 Å². The van der Waals surface area contributed by atoms with Crippen LogP contribution in [0.5, 0.6) is 5.75 Å². The molecule has 2 heterocycles. The number of carbonyl (C=O) groups is 1. The molecular weight excluding hydrogens is 396 g/mol. The van der Waals surface area contributed by atoms with E-state index >= 15 is 0 Å². The fraction of sp³-hybridized carbons (Fsp3) is 0.500. The topological polar surface area (TPSA) is 93.0 Å². The highest BCUT2D eigenvalue weighted by Gasteiger charge is 2.27. The van der Waals surface area contributed by atoms with Crippen molar-refractivity contribution in [3.8, 4) is 11.4 Å². The monoisotopic (exact) mass is 428 g/mol. The van der Waals surface area contributed by atoms with Gasteiger partial charge in [-0.25, -0.2) is 9.48 Å². The molecule has 1 aliphatic rings. The number of carbonyl (C=O) groups excluding carboxylic acids is 1. The first-order valence-corrected chi connectivity index (χ1v) is 10.4. The van der Waals surface area contributed by atoms with Gasteiger partial charge in [-0.05, 0) is 57.5 Å². The molecule has 168 valence electrons. The Balaban J connectivity index is 1.51. The Hall–Kier alpha value is -3.23. The van der Waals surface area contributed by atoms with Crippen molar-refractivity contribution in [3.63, 3.8) is 0 Å². The third kappa shape index (κ3) is 6.37. The Morgan fingerprint density at radius 1 is 1.26 bits per heavy atom. The van der Waals surface area contributed by atoms with Crippen molar-refractivity contribution in [2.45, 2.75) is 45.4 Å². The van der Waals surface area contributed by atoms with Gasteiger partial charge in [-0.15, -0.1) is 0 Å². The lowest BCUT2D eigenvalue weighted by molar-refractivity contribution is 0.0507. The molecule has 2 aromatic rings. The third-order valence-corrected chi connectivity index (χ3v) is 4.83. The summed E-state index contributed by atoms with van der Waals surface area (Å²) in [7, 11) is 3.41. The number of hydrogen-bond acceptors (Lipinski definition) is 5. The first kappa shape index (κ1) is 22.5. The second-order valence-corrected chi connectivity index (χ2v) is 8.43. The lowest BCUT2D eigenvalue weighted by Crippen LogP contribution is -2.44. The highest BCUT2D eigenvalue weighted by molar-refractivity contribution is 5.80. The standard InChI is InChI=1S/C22H32N6O3/c1-22(2,3)31-21(29)25-17-10-12-27(15-17)20(23-4)24-14-16-11-13-28(26-16)18-6-8-19(30-5)9-7-18/h6-9,11,13,17H,10,12,14-15H2,1-5H3,(H,23,24)(H,25,29). The predicted molar refractivity (Wildman–Crippen MR) is 120 cm³/mol. The quantitative estimate of drug-likeness (QED) is 0.562. The number of rotatable bonds is 5. The molecule has 31 heavy (non-hydrogen) atoms. The molecule has 1 aromatic carbocycles. The smallest absolute Gasteiger partial charge is 0.407 e. The fourth-order valence-electron chi connectivity index (χ4n) is 3.38. The summed E-state index contributed by atoms with van der Waals surface area (Å²) in [5, 5.41) is 10.9. The summed E-state index contributed by atoms with van der Waals surface area (Å²) < 4.78 is 12.4. The zero-order valence-electron chi connectivity index (χ0n) is 18.9. The number of alkyl carbamates (subject to hydrolysis) is 1. The van der Waals surface area contributed by atoms with Crippen LogP contribution in [-0.4, -0.2) is 65.6 Å². The van der Waals surface area contributed by atoms with Gasteiger partial charge < -0.3 is 25.0 Å². The zero-order valence-corrected chi connectivity index (χ0v) is 18.9. The van der Waals surface area contributed by atoms with Crippen LogP contribution >= 0.6 is 0 Å². The molecule has 0 saturated carbocycles. The number of guanidine groups is 1. The molecule has 2 N–H and O–H groups in total. The number of methoxy groups -OCH3 is 1. The Morgan fingerprint density at radius 2 is 2.00 bits per heavy atom. The maximum atomic E-state index is 12.0. The van der Waals surface area contributed by atoms with Crippen LogP contribution in [0.15, 0.2) is 41.5 Å². The Labute approximate surface area is 183 Å². The lowest BCUT2D eigenvalue weighted by Gasteiger charge is -2.23. The number of nitrogens with one attached hydrogen (secondary N) is 2. The van der Waals surface area contributed by atoms with Crippen molar-refractivity contribution in [3.05, 3.63) is 42.2 Å². The van der Waals surface area contributed by atoms with Gasteiger partial charge in [0, 0.05) is 26.3 Å². The number of nitrogens with zero attached hydrogens (tertiary/aromatic N) is 4. The fourth-order valence-corrected chi connectivity index (χ4v) is 3.38. The summed E-state index contributed by atoms with van der Waals surface area (Å²) in [5.41, 5.74) is 1.36. The van der Waals surface area contributed by atoms with E-state index in [0.717, 1.165) is 36.1 Å². The first-order chi connectivity index (χ1) is 14.8. The first-order valence-electron chi connectivity index (χ1n) is 10.4. The normalized spacial score (nSPS) is 16.9. The van der Waals surface area contributed by atoms with E-state index in [-0.39, 0.29) is 12.1 Å². The number of aromatic nitrogens is 2. The van der Waals surface area contributed by atoms with Gasteiger partial charge in [0.2, 0.25) is 0 Å². The summed E-state index contributed by atoms with van der Waals surface area (Å²) in [5.74, 6) is 1.60. The second kappa shape index (κ2) is 9.72. The van der Waals surface area contributed by atoms with Crippen LogP contribution in [0.1, 0.15) is 32.9 Å². The van der Waals surface area contributed by atoms with E-state index in [1.165, 1.54) is 0 Å². The van der Waals surface area contributed by atoms with Crippen molar-refractivity contribution >= 4 is 12.1 Å². The van der Waals surface area contributed by atoms with Gasteiger partial charge in [0.1, 0.15) is 11.4 Å². The van der Waals surface area contributed by atoms with E-state index in [9.17, 15) is 4.79 Å². The van der Waals surface area contributed by atoms with Gasteiger partial charge in [0.05, 0.1) is 31.1 Å². The summed E-state index contributed by atoms with van der Waals surface area (Å²) in [6, 6.07) is 9.75. The molecule has 1 fully saturated rings. The van der Waals surface area contributed by atoms with Crippen molar-refractivity contribution in [1.82, 2.24) is 25.3 Å². The van der Waals surface area contributed by atoms with Crippen LogP contribution < -0.4 is 15.4 Å². The van der Waals surface area contributed by atoms with Gasteiger partial charge in [-0.2, -0.15) is 5.10 Å². The van der Waals surface area contributed by atoms with Crippen LogP contribution in [0.3, 0.4) is 0 Å². The Morgan fingerprint density at radius 3 is 2.65 bits per heavy atom. The average Bonchev–Trinajstić information content (AvgIpc) is 3.37. The van der Waals surface area contributed by atoms with Crippen molar-refractivity contribution in [1.29, 1.82) is 0 Å². The molecule has 1 amide bonds. The van der Waals surface area contributed by atoms with Gasteiger partial charge >= 0.3 is 6.09 Å². The van der Waals surface area contributed by atoms with Gasteiger partial charge in [0.25, 0.3) is 0 Å². The minimum Gasteiger partial charge on any atom is -0.497 e.